The third-order valence-electron chi connectivity index (χ3n) is 0.722. The number of halogens is 1. The first-order valence-electron chi connectivity index (χ1n) is 2.50. The summed E-state index contributed by atoms with van der Waals surface area (Å²) < 4.78 is 2.82. The van der Waals surface area contributed by atoms with Crippen LogP contribution in [0.3, 0.4) is 0 Å². The number of nitrogens with one attached hydrogen (secondary N) is 2. The van der Waals surface area contributed by atoms with Crippen molar-refractivity contribution < 1.29 is 0 Å². The highest BCUT2D eigenvalue weighted by molar-refractivity contribution is 14.1. The molecule has 2 nitrogen and oxygen atoms in total. The third-order valence-corrected chi connectivity index (χ3v) is 1.10. The van der Waals surface area contributed by atoms with Gasteiger partial charge in [0.15, 0.2) is 0 Å². The molecule has 0 heterocycles. The second-order valence-corrected chi connectivity index (χ2v) is 1.91. The van der Waals surface area contributed by atoms with Gasteiger partial charge in [-0.2, -0.15) is 3.64 Å². The fraction of sp³-hybridized carbons (Fsp3) is 1.00. The Hall–Kier alpha value is 0.650. The minimum Gasteiger partial charge on any atom is -0.249 e. The monoisotopic (exact) mass is 214 g/mol. The quantitative estimate of drug-likeness (QED) is 0.318. The first kappa shape index (κ1) is 7.65. The van der Waals surface area contributed by atoms with E-state index in [1.165, 1.54) is 12.8 Å². The summed E-state index contributed by atoms with van der Waals surface area (Å²) in [7, 11) is 0. The van der Waals surface area contributed by atoms with Gasteiger partial charge in [-0.3, -0.25) is 0 Å². The van der Waals surface area contributed by atoms with Gasteiger partial charge in [0, 0.05) is 29.4 Å². The van der Waals surface area contributed by atoms with Gasteiger partial charge in [-0.1, -0.05) is 13.3 Å². The maximum absolute atomic E-state index is 2.99. The molecule has 0 aromatic heterocycles. The summed E-state index contributed by atoms with van der Waals surface area (Å²) in [5.74, 6) is 0. The number of unbranched alkanes of at least 4 members (excludes halogenated alkanes) is 1. The molecule has 0 fully saturated rings. The van der Waals surface area contributed by atoms with Crippen molar-refractivity contribution in [1.82, 2.24) is 9.06 Å². The summed E-state index contributed by atoms with van der Waals surface area (Å²) in [5.41, 5.74) is 2.99. The summed E-state index contributed by atoms with van der Waals surface area (Å²) in [4.78, 5) is 0. The molecule has 0 unspecified atom stereocenters. The van der Waals surface area contributed by atoms with Crippen LogP contribution in [0.2, 0.25) is 0 Å². The summed E-state index contributed by atoms with van der Waals surface area (Å²) >= 11 is 2.07. The highest BCUT2D eigenvalue weighted by atomic mass is 127. The van der Waals surface area contributed by atoms with E-state index in [9.17, 15) is 0 Å². The fourth-order valence-corrected chi connectivity index (χ4v) is 0.582. The maximum Gasteiger partial charge on any atom is 0.0334 e. The van der Waals surface area contributed by atoms with E-state index in [-0.39, 0.29) is 0 Å². The number of rotatable bonds is 4. The van der Waals surface area contributed by atoms with E-state index in [1.807, 2.05) is 0 Å². The largest absolute Gasteiger partial charge is 0.249 e. The molecule has 0 saturated heterocycles. The van der Waals surface area contributed by atoms with E-state index >= 15 is 0 Å². The Balaban J connectivity index is 2.45. The Morgan fingerprint density at radius 2 is 2.29 bits per heavy atom. The third kappa shape index (κ3) is 6.65. The molecule has 3 heteroatoms. The van der Waals surface area contributed by atoms with Crippen LogP contribution in [0.4, 0.5) is 0 Å². The first-order chi connectivity index (χ1) is 3.41. The molecule has 0 radical (unpaired) electrons. The summed E-state index contributed by atoms with van der Waals surface area (Å²) in [6.07, 6.45) is 2.50. The van der Waals surface area contributed by atoms with E-state index in [0.717, 1.165) is 6.54 Å². The minimum atomic E-state index is 1.07. The first-order valence-corrected chi connectivity index (χ1v) is 3.58. The standard InChI is InChI=1S/C4H11IN2/c1-2-3-4-6-7-5/h6-7H,2-4H2,1H3. The van der Waals surface area contributed by atoms with Gasteiger partial charge in [0.2, 0.25) is 0 Å². The van der Waals surface area contributed by atoms with Crippen molar-refractivity contribution >= 4 is 22.9 Å². The van der Waals surface area contributed by atoms with Crippen LogP contribution in [0.5, 0.6) is 0 Å². The van der Waals surface area contributed by atoms with Crippen LogP contribution < -0.4 is 9.06 Å². The lowest BCUT2D eigenvalue weighted by Gasteiger charge is -1.95. The lowest BCUT2D eigenvalue weighted by atomic mass is 10.3. The molecule has 0 spiro atoms. The minimum absolute atomic E-state index is 1.07. The van der Waals surface area contributed by atoms with Crippen LogP contribution in [-0.2, 0) is 0 Å². The van der Waals surface area contributed by atoms with E-state index in [2.05, 4.69) is 38.9 Å². The van der Waals surface area contributed by atoms with Crippen molar-refractivity contribution in [2.75, 3.05) is 6.54 Å². The number of hydrogen-bond donors (Lipinski definition) is 2. The van der Waals surface area contributed by atoms with Gasteiger partial charge in [0.1, 0.15) is 0 Å². The van der Waals surface area contributed by atoms with Crippen molar-refractivity contribution in [3.05, 3.63) is 0 Å². The van der Waals surface area contributed by atoms with Gasteiger partial charge in [0.05, 0.1) is 0 Å². The summed E-state index contributed by atoms with van der Waals surface area (Å²) in [6, 6.07) is 0. The molecule has 0 amide bonds. The topological polar surface area (TPSA) is 24.1 Å². The lowest BCUT2D eigenvalue weighted by Crippen LogP contribution is -2.22. The molecule has 0 aromatic rings. The molecule has 0 aliphatic heterocycles. The van der Waals surface area contributed by atoms with Crippen LogP contribution in [0.1, 0.15) is 19.8 Å². The Kier molecular flexibility index (Phi) is 7.27. The van der Waals surface area contributed by atoms with E-state index < -0.39 is 0 Å². The van der Waals surface area contributed by atoms with Crippen LogP contribution in [-0.4, -0.2) is 6.54 Å². The predicted octanol–water partition coefficient (Wildman–Crippen LogP) is 1.23. The SMILES string of the molecule is CCCCNNI. The second kappa shape index (κ2) is 6.65. The molecule has 0 atom stereocenters. The fourth-order valence-electron chi connectivity index (χ4n) is 0.312. The van der Waals surface area contributed by atoms with E-state index in [4.69, 9.17) is 0 Å². The van der Waals surface area contributed by atoms with Crippen molar-refractivity contribution in [3.63, 3.8) is 0 Å². The maximum atomic E-state index is 2.99. The Morgan fingerprint density at radius 3 is 2.71 bits per heavy atom. The molecular formula is C4H11IN2. The Labute approximate surface area is 58.5 Å². The van der Waals surface area contributed by atoms with Gasteiger partial charge in [-0.15, -0.1) is 0 Å². The zero-order valence-corrected chi connectivity index (χ0v) is 6.66. The lowest BCUT2D eigenvalue weighted by molar-refractivity contribution is 0.648. The van der Waals surface area contributed by atoms with Crippen LogP contribution in [0.15, 0.2) is 0 Å². The molecule has 0 aliphatic rings. The average molecular weight is 214 g/mol. The molecular weight excluding hydrogens is 203 g/mol. The van der Waals surface area contributed by atoms with Gasteiger partial charge in [-0.05, 0) is 6.42 Å². The zero-order chi connectivity index (χ0) is 5.54. The van der Waals surface area contributed by atoms with Crippen molar-refractivity contribution in [3.8, 4) is 0 Å². The average Bonchev–Trinajstić information content (AvgIpc) is 1.69. The van der Waals surface area contributed by atoms with Crippen molar-refractivity contribution in [2.24, 2.45) is 0 Å². The molecule has 0 rings (SSSR count). The van der Waals surface area contributed by atoms with E-state index in [0.29, 0.717) is 0 Å². The Bertz CT molecular complexity index is 28.9. The molecule has 0 saturated carbocycles. The summed E-state index contributed by atoms with van der Waals surface area (Å²) in [6.45, 7) is 3.24. The van der Waals surface area contributed by atoms with Crippen LogP contribution in [0, 0.1) is 0 Å². The van der Waals surface area contributed by atoms with Gasteiger partial charge < -0.3 is 0 Å². The second-order valence-electron chi connectivity index (χ2n) is 1.37. The number of hydrazine groups is 1. The molecule has 44 valence electrons. The molecule has 0 aromatic carbocycles. The number of hydrogen-bond acceptors (Lipinski definition) is 2. The van der Waals surface area contributed by atoms with Gasteiger partial charge in [0.25, 0.3) is 0 Å². The van der Waals surface area contributed by atoms with Crippen molar-refractivity contribution in [1.29, 1.82) is 0 Å². The normalized spacial score (nSPS) is 9.43. The van der Waals surface area contributed by atoms with Crippen LogP contribution >= 0.6 is 22.9 Å². The van der Waals surface area contributed by atoms with Gasteiger partial charge in [-0.25, -0.2) is 5.43 Å². The summed E-state index contributed by atoms with van der Waals surface area (Å²) in [5, 5.41) is 0. The predicted molar refractivity (Wildman–Crippen MR) is 40.1 cm³/mol. The van der Waals surface area contributed by atoms with Crippen molar-refractivity contribution in [2.45, 2.75) is 19.8 Å². The highest BCUT2D eigenvalue weighted by Gasteiger charge is 1.77. The Morgan fingerprint density at radius 1 is 1.57 bits per heavy atom. The molecule has 0 aliphatic carbocycles. The molecule has 2 N–H and O–H groups in total. The molecule has 7 heavy (non-hydrogen) atoms. The van der Waals surface area contributed by atoms with Crippen LogP contribution in [0.25, 0.3) is 0 Å². The highest BCUT2D eigenvalue weighted by Crippen LogP contribution is 1.80. The van der Waals surface area contributed by atoms with Gasteiger partial charge >= 0.3 is 0 Å². The zero-order valence-electron chi connectivity index (χ0n) is 4.50. The smallest absolute Gasteiger partial charge is 0.0334 e. The van der Waals surface area contributed by atoms with E-state index in [1.54, 1.807) is 0 Å². The molecule has 0 bridgehead atoms.